The Balaban J connectivity index is 1.99. The Morgan fingerprint density at radius 2 is 2.09 bits per heavy atom. The lowest BCUT2D eigenvalue weighted by molar-refractivity contribution is -0.384. The Kier molecular flexibility index (Phi) is 5.54. The van der Waals surface area contributed by atoms with Gasteiger partial charge in [0.25, 0.3) is 11.6 Å². The Hall–Kier alpha value is -2.60. The summed E-state index contributed by atoms with van der Waals surface area (Å²) >= 11 is 5.92. The minimum absolute atomic E-state index is 0.152. The number of ether oxygens (including phenoxy) is 1. The molecule has 2 aromatic rings. The first-order valence-electron chi connectivity index (χ1n) is 6.95. The van der Waals surface area contributed by atoms with Crippen LogP contribution in [0.4, 0.5) is 11.4 Å². The summed E-state index contributed by atoms with van der Waals surface area (Å²) in [7, 11) is 0. The highest BCUT2D eigenvalue weighted by Gasteiger charge is 2.12. The van der Waals surface area contributed by atoms with Gasteiger partial charge in [0.05, 0.1) is 15.6 Å². The second kappa shape index (κ2) is 7.60. The van der Waals surface area contributed by atoms with Gasteiger partial charge < -0.3 is 10.1 Å². The van der Waals surface area contributed by atoms with Gasteiger partial charge in [-0.2, -0.15) is 0 Å². The van der Waals surface area contributed by atoms with Crippen LogP contribution in [0.5, 0.6) is 5.75 Å². The number of amides is 1. The first kappa shape index (κ1) is 16.8. The van der Waals surface area contributed by atoms with E-state index < -0.39 is 10.8 Å². The first-order valence-corrected chi connectivity index (χ1v) is 7.33. The molecule has 0 aliphatic heterocycles. The number of rotatable bonds is 6. The Labute approximate surface area is 138 Å². The van der Waals surface area contributed by atoms with Crippen molar-refractivity contribution in [2.75, 3.05) is 11.9 Å². The molecule has 2 aromatic carbocycles. The molecule has 0 bridgehead atoms. The predicted octanol–water partition coefficient (Wildman–Crippen LogP) is 3.83. The van der Waals surface area contributed by atoms with Gasteiger partial charge in [0.2, 0.25) is 0 Å². The highest BCUT2D eigenvalue weighted by molar-refractivity contribution is 6.33. The second-order valence-electron chi connectivity index (χ2n) is 4.76. The summed E-state index contributed by atoms with van der Waals surface area (Å²) in [6, 6.07) is 11.3. The van der Waals surface area contributed by atoms with Crippen molar-refractivity contribution in [3.8, 4) is 5.75 Å². The van der Waals surface area contributed by atoms with Crippen LogP contribution >= 0.6 is 11.6 Å². The van der Waals surface area contributed by atoms with Crippen LogP contribution in [-0.4, -0.2) is 17.4 Å². The number of carbonyl (C=O) groups is 1. The topological polar surface area (TPSA) is 81.5 Å². The maximum atomic E-state index is 11.9. The van der Waals surface area contributed by atoms with Crippen molar-refractivity contribution in [2.24, 2.45) is 0 Å². The average Bonchev–Trinajstić information content (AvgIpc) is 2.55. The zero-order valence-electron chi connectivity index (χ0n) is 12.4. The monoisotopic (exact) mass is 334 g/mol. The molecule has 6 nitrogen and oxygen atoms in total. The summed E-state index contributed by atoms with van der Waals surface area (Å²) in [4.78, 5) is 22.1. The van der Waals surface area contributed by atoms with Gasteiger partial charge in [-0.1, -0.05) is 30.7 Å². The van der Waals surface area contributed by atoms with Crippen LogP contribution in [0.15, 0.2) is 42.5 Å². The van der Waals surface area contributed by atoms with E-state index in [1.54, 1.807) is 6.07 Å². The van der Waals surface area contributed by atoms with Gasteiger partial charge in [0, 0.05) is 12.1 Å². The van der Waals surface area contributed by atoms with Gasteiger partial charge in [0.1, 0.15) is 5.75 Å². The summed E-state index contributed by atoms with van der Waals surface area (Å²) in [5.41, 5.74) is 1.13. The molecule has 0 unspecified atom stereocenters. The summed E-state index contributed by atoms with van der Waals surface area (Å²) in [5.74, 6) is 0.138. The number of benzene rings is 2. The summed E-state index contributed by atoms with van der Waals surface area (Å²) in [6.45, 7) is 1.81. The van der Waals surface area contributed by atoms with Gasteiger partial charge in [-0.05, 0) is 30.2 Å². The molecule has 0 aromatic heterocycles. The lowest BCUT2D eigenvalue weighted by Gasteiger charge is -2.09. The van der Waals surface area contributed by atoms with Crippen molar-refractivity contribution < 1.29 is 14.5 Å². The number of carbonyl (C=O) groups excluding carboxylic acids is 1. The van der Waals surface area contributed by atoms with Gasteiger partial charge >= 0.3 is 0 Å². The minimum atomic E-state index is -0.557. The number of aryl methyl sites for hydroxylation is 1. The smallest absolute Gasteiger partial charge is 0.271 e. The number of anilines is 1. The van der Waals surface area contributed by atoms with Crippen LogP contribution < -0.4 is 10.1 Å². The molecule has 0 atom stereocenters. The van der Waals surface area contributed by atoms with Gasteiger partial charge in [0.15, 0.2) is 6.61 Å². The fraction of sp³-hybridized carbons (Fsp3) is 0.188. The van der Waals surface area contributed by atoms with E-state index in [0.717, 1.165) is 12.0 Å². The molecule has 120 valence electrons. The first-order chi connectivity index (χ1) is 11.0. The van der Waals surface area contributed by atoms with E-state index in [9.17, 15) is 14.9 Å². The number of nitrogens with one attached hydrogen (secondary N) is 1. The zero-order chi connectivity index (χ0) is 16.8. The number of nitro groups is 1. The molecule has 0 radical (unpaired) electrons. The predicted molar refractivity (Wildman–Crippen MR) is 88.1 cm³/mol. The number of hydrogen-bond acceptors (Lipinski definition) is 4. The SMILES string of the molecule is CCc1cccc(OCC(=O)Nc2cc([N+](=O)[O-])ccc2Cl)c1. The third-order valence-corrected chi connectivity index (χ3v) is 3.44. The molecule has 0 fully saturated rings. The maximum absolute atomic E-state index is 11.9. The van der Waals surface area contributed by atoms with Crippen LogP contribution in [0.2, 0.25) is 5.02 Å². The van der Waals surface area contributed by atoms with Crippen molar-refractivity contribution in [2.45, 2.75) is 13.3 Å². The quantitative estimate of drug-likeness (QED) is 0.643. The van der Waals surface area contributed by atoms with E-state index in [2.05, 4.69) is 5.32 Å². The number of halogens is 1. The molecule has 0 aliphatic rings. The van der Waals surface area contributed by atoms with Crippen LogP contribution in [0.3, 0.4) is 0 Å². The highest BCUT2D eigenvalue weighted by Crippen LogP contribution is 2.26. The lowest BCUT2D eigenvalue weighted by atomic mass is 10.2. The largest absolute Gasteiger partial charge is 0.484 e. The second-order valence-corrected chi connectivity index (χ2v) is 5.17. The fourth-order valence-corrected chi connectivity index (χ4v) is 2.08. The third kappa shape index (κ3) is 4.69. The number of nitrogens with zero attached hydrogens (tertiary/aromatic N) is 1. The van der Waals surface area contributed by atoms with Crippen molar-refractivity contribution >= 4 is 28.9 Å². The van der Waals surface area contributed by atoms with E-state index in [1.165, 1.54) is 18.2 Å². The van der Waals surface area contributed by atoms with Crippen LogP contribution in [-0.2, 0) is 11.2 Å². The summed E-state index contributed by atoms with van der Waals surface area (Å²) in [6.07, 6.45) is 0.868. The van der Waals surface area contributed by atoms with Gasteiger partial charge in [-0.15, -0.1) is 0 Å². The summed E-state index contributed by atoms with van der Waals surface area (Å²) < 4.78 is 5.41. The van der Waals surface area contributed by atoms with Crippen LogP contribution in [0.25, 0.3) is 0 Å². The van der Waals surface area contributed by atoms with Crippen molar-refractivity contribution in [3.05, 3.63) is 63.2 Å². The van der Waals surface area contributed by atoms with Crippen molar-refractivity contribution in [3.63, 3.8) is 0 Å². The van der Waals surface area contributed by atoms with E-state index in [-0.39, 0.29) is 23.0 Å². The Bertz CT molecular complexity index is 734. The van der Waals surface area contributed by atoms with Crippen molar-refractivity contribution in [1.29, 1.82) is 0 Å². The maximum Gasteiger partial charge on any atom is 0.271 e. The molecule has 0 saturated heterocycles. The number of non-ortho nitro benzene ring substituents is 1. The molecule has 0 heterocycles. The van der Waals surface area contributed by atoms with E-state index >= 15 is 0 Å². The normalized spacial score (nSPS) is 10.2. The molecule has 0 saturated carbocycles. The molecule has 0 aliphatic carbocycles. The fourth-order valence-electron chi connectivity index (χ4n) is 1.91. The summed E-state index contributed by atoms with van der Waals surface area (Å²) in [5, 5.41) is 13.5. The molecule has 1 N–H and O–H groups in total. The zero-order valence-corrected chi connectivity index (χ0v) is 13.2. The van der Waals surface area contributed by atoms with E-state index in [4.69, 9.17) is 16.3 Å². The van der Waals surface area contributed by atoms with Crippen molar-refractivity contribution in [1.82, 2.24) is 0 Å². The molecule has 1 amide bonds. The van der Waals surface area contributed by atoms with Crippen LogP contribution in [0, 0.1) is 10.1 Å². The molecule has 0 spiro atoms. The molecule has 23 heavy (non-hydrogen) atoms. The molecular weight excluding hydrogens is 320 g/mol. The molecule has 2 rings (SSSR count). The number of nitro benzene ring substituents is 1. The average molecular weight is 335 g/mol. The standard InChI is InChI=1S/C16H15ClN2O4/c1-2-11-4-3-5-13(8-11)23-10-16(20)18-15-9-12(19(21)22)6-7-14(15)17/h3-9H,2,10H2,1H3,(H,18,20). The highest BCUT2D eigenvalue weighted by atomic mass is 35.5. The van der Waals surface area contributed by atoms with E-state index in [1.807, 2.05) is 25.1 Å². The number of hydrogen-bond donors (Lipinski definition) is 1. The Morgan fingerprint density at radius 1 is 1.30 bits per heavy atom. The third-order valence-electron chi connectivity index (χ3n) is 3.11. The van der Waals surface area contributed by atoms with Crippen LogP contribution in [0.1, 0.15) is 12.5 Å². The van der Waals surface area contributed by atoms with Gasteiger partial charge in [-0.25, -0.2) is 0 Å². The Morgan fingerprint density at radius 3 is 2.78 bits per heavy atom. The van der Waals surface area contributed by atoms with Gasteiger partial charge in [-0.3, -0.25) is 14.9 Å². The van der Waals surface area contributed by atoms with E-state index in [0.29, 0.717) is 5.75 Å². The molecule has 7 heteroatoms. The molecular formula is C16H15ClN2O4. The minimum Gasteiger partial charge on any atom is -0.484 e. The lowest BCUT2D eigenvalue weighted by Crippen LogP contribution is -2.20.